The van der Waals surface area contributed by atoms with Gasteiger partial charge in [0.05, 0.1) is 21.7 Å². The number of nitrogens with one attached hydrogen (secondary N) is 1. The number of nitrogens with two attached hydrogens (primary N) is 1. The number of alkyl halides is 3. The fourth-order valence-electron chi connectivity index (χ4n) is 1.13. The van der Waals surface area contributed by atoms with Crippen molar-refractivity contribution >= 4 is 21.4 Å². The Hall–Kier alpha value is -1.44. The van der Waals surface area contributed by atoms with E-state index in [0.717, 1.165) is 12.1 Å². The van der Waals surface area contributed by atoms with Crippen LogP contribution in [0.5, 0.6) is 0 Å². The van der Waals surface area contributed by atoms with Gasteiger partial charge in [0.25, 0.3) is 0 Å². The van der Waals surface area contributed by atoms with Crippen LogP contribution in [0.25, 0.3) is 0 Å². The highest BCUT2D eigenvalue weighted by Gasteiger charge is 2.32. The molecule has 19 heavy (non-hydrogen) atoms. The van der Waals surface area contributed by atoms with Crippen molar-refractivity contribution in [2.24, 2.45) is 0 Å². The lowest BCUT2D eigenvalue weighted by atomic mass is 10.2. The molecule has 3 N–H and O–H groups in total. The van der Waals surface area contributed by atoms with E-state index in [-0.39, 0.29) is 11.4 Å². The Bertz CT molecular complexity index is 575. The van der Waals surface area contributed by atoms with Gasteiger partial charge >= 0.3 is 6.18 Å². The number of halogens is 3. The first kappa shape index (κ1) is 15.6. The Morgan fingerprint density at radius 2 is 1.68 bits per heavy atom. The van der Waals surface area contributed by atoms with Crippen LogP contribution >= 0.6 is 0 Å². The number of anilines is 2. The number of nitrogen functional groups attached to an aromatic ring is 1. The van der Waals surface area contributed by atoms with E-state index in [1.54, 1.807) is 0 Å². The van der Waals surface area contributed by atoms with E-state index < -0.39 is 26.5 Å². The third-order valence-electron chi connectivity index (χ3n) is 2.43. The van der Waals surface area contributed by atoms with Crippen LogP contribution in [0.2, 0.25) is 0 Å². The van der Waals surface area contributed by atoms with Gasteiger partial charge in [-0.3, -0.25) is 4.72 Å². The maximum Gasteiger partial charge on any atom is 0.416 e. The van der Waals surface area contributed by atoms with Gasteiger partial charge in [-0.2, -0.15) is 13.2 Å². The first-order chi connectivity index (χ1) is 8.34. The van der Waals surface area contributed by atoms with Crippen molar-refractivity contribution in [2.45, 2.75) is 31.7 Å². The molecule has 1 aromatic carbocycles. The maximum absolute atomic E-state index is 12.4. The molecule has 108 valence electrons. The summed E-state index contributed by atoms with van der Waals surface area (Å²) in [6.07, 6.45) is -4.52. The summed E-state index contributed by atoms with van der Waals surface area (Å²) in [5.74, 6) is 0. The lowest BCUT2D eigenvalue weighted by Crippen LogP contribution is -2.33. The molecule has 0 fully saturated rings. The summed E-state index contributed by atoms with van der Waals surface area (Å²) in [6, 6.07) is 2.47. The molecule has 0 radical (unpaired) electrons. The summed E-state index contributed by atoms with van der Waals surface area (Å²) in [5.41, 5.74) is 4.17. The lowest BCUT2D eigenvalue weighted by molar-refractivity contribution is -0.137. The van der Waals surface area contributed by atoms with Gasteiger partial charge in [-0.25, -0.2) is 8.42 Å². The second kappa shape index (κ2) is 4.59. The van der Waals surface area contributed by atoms with Crippen LogP contribution in [-0.2, 0) is 16.2 Å². The van der Waals surface area contributed by atoms with Crippen LogP contribution in [0.15, 0.2) is 18.2 Å². The lowest BCUT2D eigenvalue weighted by Gasteiger charge is -2.21. The molecule has 0 saturated carbocycles. The minimum absolute atomic E-state index is 0.0667. The minimum Gasteiger partial charge on any atom is -0.397 e. The first-order valence-electron chi connectivity index (χ1n) is 5.34. The summed E-state index contributed by atoms with van der Waals surface area (Å²) in [7, 11) is -3.73. The molecule has 0 bridgehead atoms. The van der Waals surface area contributed by atoms with Crippen molar-refractivity contribution in [3.63, 3.8) is 0 Å². The van der Waals surface area contributed by atoms with E-state index in [2.05, 4.69) is 4.72 Å². The van der Waals surface area contributed by atoms with Gasteiger partial charge in [-0.15, -0.1) is 0 Å². The highest BCUT2D eigenvalue weighted by molar-refractivity contribution is 7.94. The molecule has 0 heterocycles. The summed E-state index contributed by atoms with van der Waals surface area (Å²) in [6.45, 7) is 4.40. The summed E-state index contributed by atoms with van der Waals surface area (Å²) in [4.78, 5) is 0. The highest BCUT2D eigenvalue weighted by Crippen LogP contribution is 2.33. The number of benzene rings is 1. The number of hydrogen-bond acceptors (Lipinski definition) is 3. The van der Waals surface area contributed by atoms with Gasteiger partial charge in [0.1, 0.15) is 0 Å². The maximum atomic E-state index is 12.4. The average molecular weight is 296 g/mol. The molecule has 8 heteroatoms. The highest BCUT2D eigenvalue weighted by atomic mass is 32.2. The zero-order chi connectivity index (χ0) is 15.1. The van der Waals surface area contributed by atoms with Gasteiger partial charge in [-0.05, 0) is 39.0 Å². The van der Waals surface area contributed by atoms with Crippen LogP contribution in [-0.4, -0.2) is 13.2 Å². The molecule has 4 nitrogen and oxygen atoms in total. The van der Waals surface area contributed by atoms with E-state index >= 15 is 0 Å². The third-order valence-corrected chi connectivity index (χ3v) is 4.53. The van der Waals surface area contributed by atoms with Crippen LogP contribution in [0.4, 0.5) is 24.5 Å². The summed E-state index contributed by atoms with van der Waals surface area (Å²) < 4.78 is 62.1. The van der Waals surface area contributed by atoms with E-state index in [1.807, 2.05) is 0 Å². The molecule has 0 aliphatic heterocycles. The molecule has 0 aromatic heterocycles. The average Bonchev–Trinajstić information content (AvgIpc) is 2.17. The van der Waals surface area contributed by atoms with Crippen LogP contribution in [0.3, 0.4) is 0 Å². The molecule has 0 unspecified atom stereocenters. The Morgan fingerprint density at radius 1 is 1.16 bits per heavy atom. The monoisotopic (exact) mass is 296 g/mol. The van der Waals surface area contributed by atoms with Crippen molar-refractivity contribution in [3.05, 3.63) is 23.8 Å². The second-order valence-electron chi connectivity index (χ2n) is 5.02. The van der Waals surface area contributed by atoms with Crippen molar-refractivity contribution in [3.8, 4) is 0 Å². The topological polar surface area (TPSA) is 72.2 Å². The molecule has 1 aromatic rings. The Labute approximate surface area is 109 Å². The summed E-state index contributed by atoms with van der Waals surface area (Å²) in [5, 5.41) is 0. The van der Waals surface area contributed by atoms with Crippen molar-refractivity contribution in [1.29, 1.82) is 0 Å². The number of hydrogen-bond donors (Lipinski definition) is 2. The molecule has 0 aliphatic rings. The molecule has 0 saturated heterocycles. The largest absolute Gasteiger partial charge is 0.416 e. The SMILES string of the molecule is CC(C)(C)S(=O)(=O)Nc1ccc(C(F)(F)F)cc1N. The van der Waals surface area contributed by atoms with Gasteiger partial charge in [-0.1, -0.05) is 0 Å². The van der Waals surface area contributed by atoms with Crippen LogP contribution in [0, 0.1) is 0 Å². The third kappa shape index (κ3) is 3.52. The Morgan fingerprint density at radius 3 is 2.05 bits per heavy atom. The zero-order valence-electron chi connectivity index (χ0n) is 10.7. The van der Waals surface area contributed by atoms with E-state index in [9.17, 15) is 21.6 Å². The fourth-order valence-corrected chi connectivity index (χ4v) is 1.91. The molecule has 0 spiro atoms. The van der Waals surface area contributed by atoms with Crippen molar-refractivity contribution in [1.82, 2.24) is 0 Å². The van der Waals surface area contributed by atoms with Crippen molar-refractivity contribution in [2.75, 3.05) is 10.5 Å². The number of rotatable bonds is 2. The molecule has 0 aliphatic carbocycles. The predicted octanol–water partition coefficient (Wildman–Crippen LogP) is 2.83. The summed E-state index contributed by atoms with van der Waals surface area (Å²) >= 11 is 0. The molecule has 0 atom stereocenters. The number of sulfonamides is 1. The van der Waals surface area contributed by atoms with Gasteiger partial charge < -0.3 is 5.73 Å². The predicted molar refractivity (Wildman–Crippen MR) is 68.2 cm³/mol. The van der Waals surface area contributed by atoms with E-state index in [0.29, 0.717) is 6.07 Å². The minimum atomic E-state index is -4.52. The van der Waals surface area contributed by atoms with Gasteiger partial charge in [0, 0.05) is 0 Å². The first-order valence-corrected chi connectivity index (χ1v) is 6.82. The molecule has 1 rings (SSSR count). The van der Waals surface area contributed by atoms with Crippen LogP contribution in [0.1, 0.15) is 26.3 Å². The Balaban J connectivity index is 3.13. The molecular weight excluding hydrogens is 281 g/mol. The fraction of sp³-hybridized carbons (Fsp3) is 0.455. The molecule has 0 amide bonds. The smallest absolute Gasteiger partial charge is 0.397 e. The van der Waals surface area contributed by atoms with Gasteiger partial charge in [0.15, 0.2) is 0 Å². The quantitative estimate of drug-likeness (QED) is 0.824. The normalized spacial score (nSPS) is 13.4. The second-order valence-corrected chi connectivity index (χ2v) is 7.45. The Kier molecular flexibility index (Phi) is 3.77. The van der Waals surface area contributed by atoms with Gasteiger partial charge in [0.2, 0.25) is 10.0 Å². The van der Waals surface area contributed by atoms with Crippen LogP contribution < -0.4 is 10.5 Å². The zero-order valence-corrected chi connectivity index (χ0v) is 11.5. The van der Waals surface area contributed by atoms with Crippen molar-refractivity contribution < 1.29 is 21.6 Å². The standard InChI is InChI=1S/C11H15F3N2O2S/c1-10(2,3)19(17,18)16-9-5-4-7(6-8(9)15)11(12,13)14/h4-6,16H,15H2,1-3H3. The molecular formula is C11H15F3N2O2S. The van der Waals surface area contributed by atoms with E-state index in [1.165, 1.54) is 20.8 Å². The van der Waals surface area contributed by atoms with E-state index in [4.69, 9.17) is 5.73 Å².